The predicted octanol–water partition coefficient (Wildman–Crippen LogP) is 4.35. The van der Waals surface area contributed by atoms with Gasteiger partial charge in [-0.15, -0.1) is 0 Å². The van der Waals surface area contributed by atoms with E-state index in [1.165, 1.54) is 0 Å². The van der Waals surface area contributed by atoms with E-state index in [4.69, 9.17) is 9.47 Å². The zero-order valence-electron chi connectivity index (χ0n) is 17.6. The van der Waals surface area contributed by atoms with Crippen LogP contribution in [0.5, 0.6) is 5.75 Å². The van der Waals surface area contributed by atoms with Gasteiger partial charge in [0.2, 0.25) is 5.91 Å². The number of nitrogens with one attached hydrogen (secondary N) is 1. The lowest BCUT2D eigenvalue weighted by Gasteiger charge is -2.16. The first-order valence-corrected chi connectivity index (χ1v) is 10.8. The minimum absolute atomic E-state index is 0.0241. The molecule has 6 heteroatoms. The summed E-state index contributed by atoms with van der Waals surface area (Å²) >= 11 is 0. The number of carbonyl (C=O) groups excluding carboxylic acids is 1. The van der Waals surface area contributed by atoms with Gasteiger partial charge in [0.15, 0.2) is 5.43 Å². The van der Waals surface area contributed by atoms with Gasteiger partial charge in [-0.2, -0.15) is 0 Å². The maximum Gasteiger partial charge on any atom is 0.244 e. The summed E-state index contributed by atoms with van der Waals surface area (Å²) in [6.07, 6.45) is 2.21. The fourth-order valence-corrected chi connectivity index (χ4v) is 4.22. The molecular weight excluding hydrogens is 404 g/mol. The van der Waals surface area contributed by atoms with Crippen molar-refractivity contribution in [3.05, 3.63) is 83.0 Å². The van der Waals surface area contributed by atoms with Crippen molar-refractivity contribution in [3.63, 3.8) is 0 Å². The minimum atomic E-state index is -0.180. The molecule has 1 aliphatic rings. The molecule has 0 spiro atoms. The number of fused-ring (bicyclic) bond motifs is 2. The number of aromatic nitrogens is 1. The van der Waals surface area contributed by atoms with E-state index in [2.05, 4.69) is 5.32 Å². The Morgan fingerprint density at radius 2 is 1.72 bits per heavy atom. The number of hydrogen-bond acceptors (Lipinski definition) is 4. The third-order valence-corrected chi connectivity index (χ3v) is 5.76. The van der Waals surface area contributed by atoms with Crippen LogP contribution in [0.4, 0.5) is 5.69 Å². The van der Waals surface area contributed by atoms with Gasteiger partial charge in [-0.3, -0.25) is 9.59 Å². The number of anilines is 1. The minimum Gasteiger partial charge on any atom is -0.491 e. The van der Waals surface area contributed by atoms with Crippen molar-refractivity contribution in [2.45, 2.75) is 25.5 Å². The van der Waals surface area contributed by atoms with E-state index in [-0.39, 0.29) is 24.0 Å². The number of amides is 1. The smallest absolute Gasteiger partial charge is 0.244 e. The van der Waals surface area contributed by atoms with Gasteiger partial charge in [0.1, 0.15) is 18.9 Å². The number of carbonyl (C=O) groups is 1. The Hall–Kier alpha value is -3.64. The monoisotopic (exact) mass is 428 g/mol. The number of para-hydroxylation sites is 2. The van der Waals surface area contributed by atoms with Crippen LogP contribution in [0.1, 0.15) is 12.8 Å². The Morgan fingerprint density at radius 3 is 2.41 bits per heavy atom. The van der Waals surface area contributed by atoms with Crippen LogP contribution in [0, 0.1) is 0 Å². The van der Waals surface area contributed by atoms with Crippen LogP contribution in [0.25, 0.3) is 21.8 Å². The van der Waals surface area contributed by atoms with Crippen LogP contribution in [-0.2, 0) is 16.1 Å². The molecule has 4 aromatic rings. The fourth-order valence-electron chi connectivity index (χ4n) is 4.22. The standard InChI is InChI=1S/C26H24N2O4/c29-25(27-18-7-5-8-19(15-18)32-17-20-9-6-14-31-20)16-28-23-12-3-1-10-21(23)26(30)22-11-2-4-13-24(22)28/h1-5,7-8,10-13,15,20H,6,9,14,16-17H2,(H,27,29)/t20-/m0/s1. The molecular formula is C26H24N2O4. The van der Waals surface area contributed by atoms with Crippen molar-refractivity contribution in [3.8, 4) is 5.75 Å². The molecule has 6 nitrogen and oxygen atoms in total. The van der Waals surface area contributed by atoms with Gasteiger partial charge < -0.3 is 19.4 Å². The summed E-state index contributed by atoms with van der Waals surface area (Å²) in [4.78, 5) is 25.8. The number of pyridine rings is 1. The predicted molar refractivity (Wildman–Crippen MR) is 125 cm³/mol. The Kier molecular flexibility index (Phi) is 5.60. The number of nitrogens with zero attached hydrogens (tertiary/aromatic N) is 1. The third-order valence-electron chi connectivity index (χ3n) is 5.76. The van der Waals surface area contributed by atoms with Gasteiger partial charge in [0, 0.05) is 29.1 Å². The largest absolute Gasteiger partial charge is 0.491 e. The molecule has 32 heavy (non-hydrogen) atoms. The molecule has 1 N–H and O–H groups in total. The van der Waals surface area contributed by atoms with Crippen molar-refractivity contribution in [2.75, 3.05) is 18.5 Å². The van der Waals surface area contributed by atoms with E-state index in [1.807, 2.05) is 65.2 Å². The van der Waals surface area contributed by atoms with E-state index in [0.717, 1.165) is 30.5 Å². The molecule has 1 atom stereocenters. The normalized spacial score (nSPS) is 15.8. The second-order valence-electron chi connectivity index (χ2n) is 7.97. The fraction of sp³-hybridized carbons (Fsp3) is 0.231. The van der Waals surface area contributed by atoms with Crippen molar-refractivity contribution < 1.29 is 14.3 Å². The molecule has 0 radical (unpaired) electrons. The quantitative estimate of drug-likeness (QED) is 0.464. The molecule has 1 amide bonds. The SMILES string of the molecule is O=C(Cn1c2ccccc2c(=O)c2ccccc21)Nc1cccc(OC[C@@H]2CCCO2)c1. The van der Waals surface area contributed by atoms with Crippen molar-refractivity contribution in [1.82, 2.24) is 4.57 Å². The molecule has 0 saturated carbocycles. The highest BCUT2D eigenvalue weighted by atomic mass is 16.5. The van der Waals surface area contributed by atoms with E-state index in [9.17, 15) is 9.59 Å². The van der Waals surface area contributed by atoms with E-state index in [0.29, 0.717) is 28.8 Å². The number of ether oxygens (including phenoxy) is 2. The highest BCUT2D eigenvalue weighted by molar-refractivity contribution is 5.97. The molecule has 0 aliphatic carbocycles. The first-order chi connectivity index (χ1) is 15.7. The lowest BCUT2D eigenvalue weighted by molar-refractivity contribution is -0.116. The lowest BCUT2D eigenvalue weighted by Crippen LogP contribution is -2.21. The van der Waals surface area contributed by atoms with Gasteiger partial charge in [0.25, 0.3) is 0 Å². The summed E-state index contributed by atoms with van der Waals surface area (Å²) < 4.78 is 13.3. The van der Waals surface area contributed by atoms with Gasteiger partial charge in [0.05, 0.1) is 17.1 Å². The van der Waals surface area contributed by atoms with Crippen LogP contribution in [-0.4, -0.2) is 29.8 Å². The Morgan fingerprint density at radius 1 is 1.00 bits per heavy atom. The number of benzene rings is 3. The molecule has 1 fully saturated rings. The Balaban J connectivity index is 1.38. The Bertz CT molecular complexity index is 1280. The molecule has 5 rings (SSSR count). The van der Waals surface area contributed by atoms with E-state index in [1.54, 1.807) is 12.1 Å². The van der Waals surface area contributed by atoms with Crippen molar-refractivity contribution in [2.24, 2.45) is 0 Å². The first kappa shape index (κ1) is 20.3. The number of hydrogen-bond donors (Lipinski definition) is 1. The molecule has 2 heterocycles. The van der Waals surface area contributed by atoms with Gasteiger partial charge in [-0.1, -0.05) is 30.3 Å². The summed E-state index contributed by atoms with van der Waals surface area (Å²) in [6.45, 7) is 1.38. The molecule has 1 aromatic heterocycles. The molecule has 162 valence electrons. The lowest BCUT2D eigenvalue weighted by atomic mass is 10.1. The summed E-state index contributed by atoms with van der Waals surface area (Å²) in [5.41, 5.74) is 2.11. The summed E-state index contributed by atoms with van der Waals surface area (Å²) in [7, 11) is 0. The average Bonchev–Trinajstić information content (AvgIpc) is 3.34. The highest BCUT2D eigenvalue weighted by Crippen LogP contribution is 2.21. The summed E-state index contributed by atoms with van der Waals surface area (Å²) in [5, 5.41) is 4.15. The maximum absolute atomic E-state index is 13.0. The van der Waals surface area contributed by atoms with Crippen LogP contribution < -0.4 is 15.5 Å². The van der Waals surface area contributed by atoms with Crippen LogP contribution in [0.3, 0.4) is 0 Å². The Labute approximate surface area is 185 Å². The van der Waals surface area contributed by atoms with Crippen LogP contribution in [0.2, 0.25) is 0 Å². The topological polar surface area (TPSA) is 69.6 Å². The molecule has 3 aromatic carbocycles. The van der Waals surface area contributed by atoms with Crippen LogP contribution >= 0.6 is 0 Å². The molecule has 1 saturated heterocycles. The summed E-state index contributed by atoms with van der Waals surface area (Å²) in [6, 6.07) is 22.1. The van der Waals surface area contributed by atoms with Gasteiger partial charge in [-0.05, 0) is 49.2 Å². The summed E-state index contributed by atoms with van der Waals surface area (Å²) in [5.74, 6) is 0.512. The first-order valence-electron chi connectivity index (χ1n) is 10.8. The zero-order chi connectivity index (χ0) is 21.9. The van der Waals surface area contributed by atoms with Crippen molar-refractivity contribution >= 4 is 33.4 Å². The third kappa shape index (κ3) is 4.09. The number of rotatable bonds is 6. The molecule has 0 unspecified atom stereocenters. The second-order valence-corrected chi connectivity index (χ2v) is 7.97. The van der Waals surface area contributed by atoms with Gasteiger partial charge in [-0.25, -0.2) is 0 Å². The van der Waals surface area contributed by atoms with E-state index >= 15 is 0 Å². The maximum atomic E-state index is 13.0. The zero-order valence-corrected chi connectivity index (χ0v) is 17.6. The second kappa shape index (κ2) is 8.85. The molecule has 0 bridgehead atoms. The average molecular weight is 428 g/mol. The van der Waals surface area contributed by atoms with Crippen molar-refractivity contribution in [1.29, 1.82) is 0 Å². The molecule has 1 aliphatic heterocycles. The van der Waals surface area contributed by atoms with E-state index < -0.39 is 0 Å². The van der Waals surface area contributed by atoms with Crippen LogP contribution in [0.15, 0.2) is 77.6 Å². The van der Waals surface area contributed by atoms with Gasteiger partial charge >= 0.3 is 0 Å². The highest BCUT2D eigenvalue weighted by Gasteiger charge is 2.16.